The second-order valence-corrected chi connectivity index (χ2v) is 8.75. The van der Waals surface area contributed by atoms with E-state index in [2.05, 4.69) is 0 Å². The van der Waals surface area contributed by atoms with E-state index in [-0.39, 0.29) is 28.9 Å². The predicted octanol–water partition coefficient (Wildman–Crippen LogP) is 7.45. The Balaban J connectivity index is 1.46. The van der Waals surface area contributed by atoms with Crippen LogP contribution in [0.2, 0.25) is 0 Å². The number of rotatable bonds is 8. The van der Waals surface area contributed by atoms with E-state index in [4.69, 9.17) is 14.2 Å². The maximum absolute atomic E-state index is 15.0. The fraction of sp³-hybridized carbons (Fsp3) is 0.345. The molecule has 1 aliphatic rings. The highest BCUT2D eigenvalue weighted by atomic mass is 19.2. The van der Waals surface area contributed by atoms with Crippen molar-refractivity contribution in [3.8, 4) is 22.6 Å². The number of halogens is 3. The minimum Gasteiger partial charge on any atom is -0.494 e. The van der Waals surface area contributed by atoms with Crippen LogP contribution in [-0.2, 0) is 4.74 Å². The minimum absolute atomic E-state index is 0.0367. The summed E-state index contributed by atoms with van der Waals surface area (Å²) in [5, 5.41) is 0. The molecule has 1 saturated carbocycles. The molecule has 0 N–H and O–H groups in total. The summed E-state index contributed by atoms with van der Waals surface area (Å²) in [6.07, 6.45) is 3.37. The van der Waals surface area contributed by atoms with Crippen LogP contribution in [-0.4, -0.2) is 25.3 Å². The van der Waals surface area contributed by atoms with Crippen LogP contribution in [0.1, 0.15) is 61.4 Å². The zero-order valence-corrected chi connectivity index (χ0v) is 20.4. The molecular weight excluding hydrogens is 469 g/mol. The van der Waals surface area contributed by atoms with Gasteiger partial charge in [-0.15, -0.1) is 0 Å². The van der Waals surface area contributed by atoms with Crippen LogP contribution in [0.3, 0.4) is 0 Å². The molecule has 0 spiro atoms. The number of esters is 1. The Morgan fingerprint density at radius 2 is 1.58 bits per heavy atom. The smallest absolute Gasteiger partial charge is 0.343 e. The Kier molecular flexibility index (Phi) is 8.31. The normalized spacial score (nSPS) is 17.6. The maximum Gasteiger partial charge on any atom is 0.343 e. The number of benzene rings is 3. The highest BCUT2D eigenvalue weighted by Gasteiger charge is 2.27. The molecule has 3 aromatic rings. The number of hydrogen-bond acceptors (Lipinski definition) is 4. The Hall–Kier alpha value is -3.32. The summed E-state index contributed by atoms with van der Waals surface area (Å²) in [5.74, 6) is -3.17. The summed E-state index contributed by atoms with van der Waals surface area (Å²) in [4.78, 5) is 12.5. The second kappa shape index (κ2) is 11.6. The van der Waals surface area contributed by atoms with Crippen molar-refractivity contribution in [1.29, 1.82) is 0 Å². The molecule has 0 unspecified atom stereocenters. The zero-order valence-electron chi connectivity index (χ0n) is 20.4. The molecule has 0 saturated heterocycles. The number of ether oxygens (including phenoxy) is 3. The molecule has 1 fully saturated rings. The van der Waals surface area contributed by atoms with Gasteiger partial charge in [-0.1, -0.05) is 24.3 Å². The van der Waals surface area contributed by atoms with E-state index in [1.807, 2.05) is 6.92 Å². The van der Waals surface area contributed by atoms with Crippen molar-refractivity contribution < 1.29 is 32.2 Å². The molecule has 7 heteroatoms. The molecule has 0 radical (unpaired) electrons. The van der Waals surface area contributed by atoms with Crippen molar-refractivity contribution in [2.75, 3.05) is 13.2 Å². The van der Waals surface area contributed by atoms with Crippen LogP contribution in [0, 0.1) is 17.5 Å². The first kappa shape index (κ1) is 25.8. The topological polar surface area (TPSA) is 44.8 Å². The van der Waals surface area contributed by atoms with E-state index in [0.717, 1.165) is 31.7 Å². The summed E-state index contributed by atoms with van der Waals surface area (Å²) in [6, 6.07) is 13.1. The van der Waals surface area contributed by atoms with Crippen molar-refractivity contribution in [1.82, 2.24) is 0 Å². The third-order valence-corrected chi connectivity index (χ3v) is 6.48. The highest BCUT2D eigenvalue weighted by Crippen LogP contribution is 2.38. The molecule has 0 bridgehead atoms. The van der Waals surface area contributed by atoms with Gasteiger partial charge in [-0.25, -0.2) is 18.0 Å². The Morgan fingerprint density at radius 1 is 0.861 bits per heavy atom. The van der Waals surface area contributed by atoms with Crippen molar-refractivity contribution in [2.45, 2.75) is 51.6 Å². The van der Waals surface area contributed by atoms with Crippen molar-refractivity contribution in [3.05, 3.63) is 83.2 Å². The van der Waals surface area contributed by atoms with Crippen molar-refractivity contribution in [2.24, 2.45) is 0 Å². The van der Waals surface area contributed by atoms with Gasteiger partial charge in [-0.3, -0.25) is 0 Å². The Bertz CT molecular complexity index is 1200. The SMILES string of the molecule is CCOc1ccc(OC(=O)c2ccc(-c3ccc(C4CCC(OCC)CC4)c(F)c3F)cc2)c(F)c1. The molecule has 190 valence electrons. The number of hydrogen-bond donors (Lipinski definition) is 0. The largest absolute Gasteiger partial charge is 0.494 e. The third kappa shape index (κ3) is 5.73. The lowest BCUT2D eigenvalue weighted by molar-refractivity contribution is 0.0325. The summed E-state index contributed by atoms with van der Waals surface area (Å²) < 4.78 is 60.3. The van der Waals surface area contributed by atoms with Crippen molar-refractivity contribution in [3.63, 3.8) is 0 Å². The molecule has 36 heavy (non-hydrogen) atoms. The summed E-state index contributed by atoms with van der Waals surface area (Å²) >= 11 is 0. The van der Waals surface area contributed by atoms with E-state index in [0.29, 0.717) is 30.1 Å². The first-order valence-corrected chi connectivity index (χ1v) is 12.3. The van der Waals surface area contributed by atoms with Crippen LogP contribution in [0.4, 0.5) is 13.2 Å². The van der Waals surface area contributed by atoms with Gasteiger partial charge in [0.25, 0.3) is 0 Å². The standard InChI is InChI=1S/C29H29F3O4/c1-3-34-21-11-9-19(10-12-21)24-15-14-23(27(31)28(24)32)18-5-7-20(8-6-18)29(33)36-26-16-13-22(35-4-2)17-25(26)30/h5-8,13-17,19,21H,3-4,9-12H2,1-2H3. The van der Waals surface area contributed by atoms with Gasteiger partial charge in [0.1, 0.15) is 5.75 Å². The van der Waals surface area contributed by atoms with Gasteiger partial charge >= 0.3 is 5.97 Å². The first-order valence-electron chi connectivity index (χ1n) is 12.3. The molecule has 0 aliphatic heterocycles. The maximum atomic E-state index is 15.0. The van der Waals surface area contributed by atoms with E-state index in [1.54, 1.807) is 19.1 Å². The van der Waals surface area contributed by atoms with Gasteiger partial charge in [-0.05, 0) is 80.8 Å². The fourth-order valence-electron chi connectivity index (χ4n) is 4.64. The third-order valence-electron chi connectivity index (χ3n) is 6.48. The van der Waals surface area contributed by atoms with E-state index >= 15 is 8.78 Å². The predicted molar refractivity (Wildman–Crippen MR) is 131 cm³/mol. The molecule has 0 amide bonds. The Labute approximate surface area is 209 Å². The van der Waals surface area contributed by atoms with Crippen LogP contribution < -0.4 is 9.47 Å². The van der Waals surface area contributed by atoms with Crippen LogP contribution in [0.15, 0.2) is 54.6 Å². The molecule has 4 nitrogen and oxygen atoms in total. The van der Waals surface area contributed by atoms with Gasteiger partial charge in [-0.2, -0.15) is 0 Å². The molecule has 0 aromatic heterocycles. The molecular formula is C29H29F3O4. The fourth-order valence-corrected chi connectivity index (χ4v) is 4.64. The van der Waals surface area contributed by atoms with Crippen LogP contribution in [0.25, 0.3) is 11.1 Å². The van der Waals surface area contributed by atoms with E-state index in [1.165, 1.54) is 36.4 Å². The van der Waals surface area contributed by atoms with Gasteiger partial charge < -0.3 is 14.2 Å². The lowest BCUT2D eigenvalue weighted by Gasteiger charge is -2.29. The lowest BCUT2D eigenvalue weighted by atomic mass is 9.82. The van der Waals surface area contributed by atoms with Crippen LogP contribution in [0.5, 0.6) is 11.5 Å². The quantitative estimate of drug-likeness (QED) is 0.239. The van der Waals surface area contributed by atoms with Gasteiger partial charge in [0, 0.05) is 18.2 Å². The summed E-state index contributed by atoms with van der Waals surface area (Å²) in [7, 11) is 0. The number of carbonyl (C=O) groups excluding carboxylic acids is 1. The molecule has 3 aromatic carbocycles. The Morgan fingerprint density at radius 3 is 2.22 bits per heavy atom. The van der Waals surface area contributed by atoms with Gasteiger partial charge in [0.2, 0.25) is 0 Å². The average Bonchev–Trinajstić information content (AvgIpc) is 2.88. The highest BCUT2D eigenvalue weighted by molar-refractivity contribution is 5.91. The van der Waals surface area contributed by atoms with E-state index in [9.17, 15) is 9.18 Å². The molecule has 4 rings (SSSR count). The zero-order chi connectivity index (χ0) is 25.7. The second-order valence-electron chi connectivity index (χ2n) is 8.75. The molecule has 0 atom stereocenters. The van der Waals surface area contributed by atoms with Gasteiger partial charge in [0.05, 0.1) is 18.3 Å². The molecule has 1 aliphatic carbocycles. The first-order chi connectivity index (χ1) is 17.4. The van der Waals surface area contributed by atoms with Gasteiger partial charge in [0.15, 0.2) is 23.2 Å². The van der Waals surface area contributed by atoms with Crippen LogP contribution >= 0.6 is 0 Å². The average molecular weight is 499 g/mol. The lowest BCUT2D eigenvalue weighted by Crippen LogP contribution is -2.21. The monoisotopic (exact) mass is 498 g/mol. The van der Waals surface area contributed by atoms with E-state index < -0.39 is 23.4 Å². The number of carbonyl (C=O) groups is 1. The summed E-state index contributed by atoms with van der Waals surface area (Å²) in [6.45, 7) is 4.77. The molecule has 0 heterocycles. The van der Waals surface area contributed by atoms with Crippen molar-refractivity contribution >= 4 is 5.97 Å². The minimum atomic E-state index is -0.911. The summed E-state index contributed by atoms with van der Waals surface area (Å²) in [5.41, 5.74) is 1.07.